The highest BCUT2D eigenvalue weighted by molar-refractivity contribution is 7.89. The second-order valence-electron chi connectivity index (χ2n) is 3.48. The van der Waals surface area contributed by atoms with Gasteiger partial charge in [0.1, 0.15) is 5.82 Å². The molecule has 0 radical (unpaired) electrons. The molecule has 0 aliphatic heterocycles. The van der Waals surface area contributed by atoms with Crippen LogP contribution in [0.2, 0.25) is 0 Å². The summed E-state index contributed by atoms with van der Waals surface area (Å²) in [6.45, 7) is 1.74. The second-order valence-corrected chi connectivity index (χ2v) is 6.54. The van der Waals surface area contributed by atoms with Gasteiger partial charge in [0.2, 0.25) is 0 Å². The van der Waals surface area contributed by atoms with Crippen LogP contribution in [0.3, 0.4) is 0 Å². The molecule has 0 bridgehead atoms. The van der Waals surface area contributed by atoms with Gasteiger partial charge in [0, 0.05) is 10.9 Å². The van der Waals surface area contributed by atoms with Gasteiger partial charge in [0.25, 0.3) is 0 Å². The molecule has 0 saturated heterocycles. The third-order valence-electron chi connectivity index (χ3n) is 2.06. The number of hydrogen-bond donors (Lipinski definition) is 0. The molecule has 2 aromatic rings. The predicted octanol–water partition coefficient (Wildman–Crippen LogP) is 3.10. The SMILES string of the molecule is Cc1ccc(S(=O)(=O)Oc2ccc(F)cc2F)s1. The Morgan fingerprint density at radius 1 is 1.17 bits per heavy atom. The molecule has 0 spiro atoms. The Balaban J connectivity index is 2.33. The minimum atomic E-state index is -4.07. The molecule has 1 aromatic heterocycles. The molecule has 1 aromatic carbocycles. The summed E-state index contributed by atoms with van der Waals surface area (Å²) < 4.78 is 54.1. The maximum atomic E-state index is 13.3. The summed E-state index contributed by atoms with van der Waals surface area (Å²) >= 11 is 1.01. The standard InChI is InChI=1S/C11H8F2O3S2/c1-7-2-5-11(17-7)18(14,15)16-10-4-3-8(12)6-9(10)13/h2-6H,1H3. The summed E-state index contributed by atoms with van der Waals surface area (Å²) in [4.78, 5) is 0.789. The molecule has 0 unspecified atom stereocenters. The molecule has 0 aliphatic carbocycles. The Labute approximate surface area is 107 Å². The van der Waals surface area contributed by atoms with E-state index in [1.165, 1.54) is 6.07 Å². The molecular weight excluding hydrogens is 282 g/mol. The summed E-state index contributed by atoms with van der Waals surface area (Å²) in [5.41, 5.74) is 0. The third kappa shape index (κ3) is 2.68. The monoisotopic (exact) mass is 290 g/mol. The normalized spacial score (nSPS) is 11.5. The first-order valence-corrected chi connectivity index (χ1v) is 7.07. The number of benzene rings is 1. The third-order valence-corrected chi connectivity index (χ3v) is 4.74. The van der Waals surface area contributed by atoms with Crippen molar-refractivity contribution in [3.63, 3.8) is 0 Å². The lowest BCUT2D eigenvalue weighted by Crippen LogP contribution is -2.09. The lowest BCUT2D eigenvalue weighted by Gasteiger charge is -2.05. The Bertz CT molecular complexity index is 677. The highest BCUT2D eigenvalue weighted by atomic mass is 32.3. The fourth-order valence-corrected chi connectivity index (χ4v) is 3.43. The van der Waals surface area contributed by atoms with Crippen molar-refractivity contribution in [1.82, 2.24) is 0 Å². The zero-order chi connectivity index (χ0) is 13.3. The average molecular weight is 290 g/mol. The summed E-state index contributed by atoms with van der Waals surface area (Å²) in [5, 5.41) is 0. The van der Waals surface area contributed by atoms with Crippen LogP contribution in [0.5, 0.6) is 5.75 Å². The molecule has 0 saturated carbocycles. The first kappa shape index (κ1) is 13.0. The van der Waals surface area contributed by atoms with Crippen molar-refractivity contribution >= 4 is 21.5 Å². The molecule has 96 valence electrons. The fourth-order valence-electron chi connectivity index (χ4n) is 1.25. The maximum absolute atomic E-state index is 13.3. The topological polar surface area (TPSA) is 43.4 Å². The Hall–Kier alpha value is -1.47. The quantitative estimate of drug-likeness (QED) is 0.816. The summed E-state index contributed by atoms with van der Waals surface area (Å²) in [6.07, 6.45) is 0. The predicted molar refractivity (Wildman–Crippen MR) is 63.2 cm³/mol. The van der Waals surface area contributed by atoms with E-state index in [-0.39, 0.29) is 4.21 Å². The number of aryl methyl sites for hydroxylation is 1. The van der Waals surface area contributed by atoms with Crippen LogP contribution in [0, 0.1) is 18.6 Å². The van der Waals surface area contributed by atoms with Gasteiger partial charge in [0.15, 0.2) is 15.8 Å². The van der Waals surface area contributed by atoms with E-state index >= 15 is 0 Å². The van der Waals surface area contributed by atoms with Crippen molar-refractivity contribution in [2.24, 2.45) is 0 Å². The molecule has 2 rings (SSSR count). The van der Waals surface area contributed by atoms with Gasteiger partial charge in [-0.2, -0.15) is 8.42 Å². The van der Waals surface area contributed by atoms with E-state index in [2.05, 4.69) is 4.18 Å². The molecule has 7 heteroatoms. The molecule has 0 N–H and O–H groups in total. The van der Waals surface area contributed by atoms with Crippen molar-refractivity contribution in [3.8, 4) is 5.75 Å². The minimum Gasteiger partial charge on any atom is -0.375 e. The Morgan fingerprint density at radius 2 is 1.89 bits per heavy atom. The van der Waals surface area contributed by atoms with Gasteiger partial charge in [-0.1, -0.05) is 0 Å². The van der Waals surface area contributed by atoms with E-state index in [1.54, 1.807) is 13.0 Å². The van der Waals surface area contributed by atoms with E-state index in [0.29, 0.717) is 6.07 Å². The van der Waals surface area contributed by atoms with Crippen LogP contribution in [-0.4, -0.2) is 8.42 Å². The van der Waals surface area contributed by atoms with E-state index in [4.69, 9.17) is 0 Å². The van der Waals surface area contributed by atoms with Crippen LogP contribution >= 0.6 is 11.3 Å². The highest BCUT2D eigenvalue weighted by Crippen LogP contribution is 2.26. The van der Waals surface area contributed by atoms with Gasteiger partial charge in [-0.3, -0.25) is 0 Å². The van der Waals surface area contributed by atoms with Crippen molar-refractivity contribution in [2.75, 3.05) is 0 Å². The number of thiophene rings is 1. The summed E-state index contributed by atoms with van der Waals surface area (Å²) in [7, 11) is -4.07. The van der Waals surface area contributed by atoms with Crippen LogP contribution < -0.4 is 4.18 Å². The number of rotatable bonds is 3. The Kier molecular flexibility index (Phi) is 3.36. The summed E-state index contributed by atoms with van der Waals surface area (Å²) in [5.74, 6) is -2.39. The van der Waals surface area contributed by atoms with Crippen molar-refractivity contribution in [3.05, 3.63) is 46.8 Å². The maximum Gasteiger partial charge on any atom is 0.348 e. The molecule has 0 aliphatic rings. The fraction of sp³-hybridized carbons (Fsp3) is 0.0909. The first-order chi connectivity index (χ1) is 8.38. The van der Waals surface area contributed by atoms with Gasteiger partial charge < -0.3 is 4.18 Å². The van der Waals surface area contributed by atoms with Crippen LogP contribution in [0.1, 0.15) is 4.88 Å². The van der Waals surface area contributed by atoms with E-state index < -0.39 is 27.5 Å². The Morgan fingerprint density at radius 3 is 2.44 bits per heavy atom. The van der Waals surface area contributed by atoms with E-state index in [1.807, 2.05) is 0 Å². The molecule has 0 atom stereocenters. The minimum absolute atomic E-state index is 0.0243. The average Bonchev–Trinajstić information content (AvgIpc) is 2.70. The van der Waals surface area contributed by atoms with Gasteiger partial charge in [0.05, 0.1) is 0 Å². The van der Waals surface area contributed by atoms with Crippen LogP contribution in [-0.2, 0) is 10.1 Å². The zero-order valence-corrected chi connectivity index (χ0v) is 10.8. The molecular formula is C11H8F2O3S2. The van der Waals surface area contributed by atoms with Crippen LogP contribution in [0.15, 0.2) is 34.5 Å². The van der Waals surface area contributed by atoms with Gasteiger partial charge in [-0.15, -0.1) is 11.3 Å². The van der Waals surface area contributed by atoms with E-state index in [0.717, 1.165) is 28.3 Å². The summed E-state index contributed by atoms with van der Waals surface area (Å²) in [6, 6.07) is 5.40. The van der Waals surface area contributed by atoms with Crippen LogP contribution in [0.25, 0.3) is 0 Å². The molecule has 0 amide bonds. The number of hydrogen-bond acceptors (Lipinski definition) is 4. The van der Waals surface area contributed by atoms with Crippen molar-refractivity contribution in [1.29, 1.82) is 0 Å². The van der Waals surface area contributed by atoms with Gasteiger partial charge in [-0.05, 0) is 31.2 Å². The molecule has 0 fully saturated rings. The second kappa shape index (κ2) is 4.66. The zero-order valence-electron chi connectivity index (χ0n) is 9.18. The largest absolute Gasteiger partial charge is 0.375 e. The lowest BCUT2D eigenvalue weighted by atomic mass is 10.3. The molecule has 1 heterocycles. The molecule has 18 heavy (non-hydrogen) atoms. The van der Waals surface area contributed by atoms with Crippen molar-refractivity contribution in [2.45, 2.75) is 11.1 Å². The van der Waals surface area contributed by atoms with Crippen molar-refractivity contribution < 1.29 is 21.4 Å². The smallest absolute Gasteiger partial charge is 0.348 e. The van der Waals surface area contributed by atoms with Gasteiger partial charge in [-0.25, -0.2) is 8.78 Å². The first-order valence-electron chi connectivity index (χ1n) is 4.84. The number of halogens is 2. The van der Waals surface area contributed by atoms with Gasteiger partial charge >= 0.3 is 10.1 Å². The highest BCUT2D eigenvalue weighted by Gasteiger charge is 2.20. The van der Waals surface area contributed by atoms with E-state index in [9.17, 15) is 17.2 Å². The van der Waals surface area contributed by atoms with Crippen LogP contribution in [0.4, 0.5) is 8.78 Å². The lowest BCUT2D eigenvalue weighted by molar-refractivity contribution is 0.459. The molecule has 3 nitrogen and oxygen atoms in total.